The molecule has 0 aliphatic carbocycles. The number of rotatable bonds is 3. The third-order valence-electron chi connectivity index (χ3n) is 2.39. The highest BCUT2D eigenvalue weighted by atomic mass is 32.1. The van der Waals surface area contributed by atoms with Gasteiger partial charge in [0.1, 0.15) is 16.4 Å². The highest BCUT2D eigenvalue weighted by Gasteiger charge is 2.14. The van der Waals surface area contributed by atoms with Gasteiger partial charge in [-0.3, -0.25) is 4.79 Å². The van der Waals surface area contributed by atoms with Gasteiger partial charge in [0, 0.05) is 11.8 Å². The van der Waals surface area contributed by atoms with E-state index in [4.69, 9.17) is 10.5 Å². The number of anilines is 1. The molecule has 2 aromatic heterocycles. The Bertz CT molecular complexity index is 670. The van der Waals surface area contributed by atoms with Crippen LogP contribution in [0.3, 0.4) is 0 Å². The van der Waals surface area contributed by atoms with E-state index in [-0.39, 0.29) is 12.5 Å². The minimum atomic E-state index is -0.256. The molecule has 0 bridgehead atoms. The molecule has 0 unspecified atom stereocenters. The van der Waals surface area contributed by atoms with Gasteiger partial charge in [0.15, 0.2) is 0 Å². The number of nitrogens with zero attached hydrogens (tertiary/aromatic N) is 1. The third kappa shape index (κ3) is 3.35. The first-order valence-corrected chi connectivity index (χ1v) is 6.70. The summed E-state index contributed by atoms with van der Waals surface area (Å²) in [7, 11) is 1.53. The number of thiophene rings is 1. The maximum absolute atomic E-state index is 12.1. The van der Waals surface area contributed by atoms with Gasteiger partial charge in [-0.05, 0) is 23.6 Å². The lowest BCUT2D eigenvalue weighted by Crippen LogP contribution is -2.12. The molecule has 2 heterocycles. The van der Waals surface area contributed by atoms with Crippen LogP contribution < -0.4 is 15.8 Å². The van der Waals surface area contributed by atoms with Crippen LogP contribution in [-0.2, 0) is 0 Å². The molecule has 2 aromatic rings. The standard InChI is InChI=1S/C14H13N3O2S/c1-19-11-5-8-20-13(11)14(18)17-12-9-10(3-2-6-15)4-7-16-12/h4-5,7-9H,6,15H2,1H3,(H,16,17,18). The third-order valence-corrected chi connectivity index (χ3v) is 3.29. The molecule has 20 heavy (non-hydrogen) atoms. The normalized spacial score (nSPS) is 9.50. The van der Waals surface area contributed by atoms with E-state index in [1.807, 2.05) is 0 Å². The van der Waals surface area contributed by atoms with E-state index in [0.717, 1.165) is 5.56 Å². The van der Waals surface area contributed by atoms with Crippen molar-refractivity contribution in [2.24, 2.45) is 5.73 Å². The van der Waals surface area contributed by atoms with Crippen LogP contribution in [0.25, 0.3) is 0 Å². The second-order valence-electron chi connectivity index (χ2n) is 3.71. The minimum absolute atomic E-state index is 0.256. The Hall–Kier alpha value is -2.36. The van der Waals surface area contributed by atoms with Gasteiger partial charge in [-0.1, -0.05) is 11.8 Å². The summed E-state index contributed by atoms with van der Waals surface area (Å²) in [6.45, 7) is 0.288. The molecule has 1 amide bonds. The Morgan fingerprint density at radius 2 is 2.40 bits per heavy atom. The van der Waals surface area contributed by atoms with Gasteiger partial charge < -0.3 is 15.8 Å². The molecule has 0 saturated carbocycles. The fourth-order valence-electron chi connectivity index (χ4n) is 1.53. The zero-order valence-corrected chi connectivity index (χ0v) is 11.7. The maximum atomic E-state index is 12.1. The molecule has 0 atom stereocenters. The van der Waals surface area contributed by atoms with Crippen molar-refractivity contribution in [3.05, 3.63) is 40.2 Å². The summed E-state index contributed by atoms with van der Waals surface area (Å²) in [6, 6.07) is 5.20. The van der Waals surface area contributed by atoms with Gasteiger partial charge in [-0.2, -0.15) is 0 Å². The number of amides is 1. The minimum Gasteiger partial charge on any atom is -0.495 e. The lowest BCUT2D eigenvalue weighted by molar-refractivity contribution is 0.102. The number of carbonyl (C=O) groups excluding carboxylic acids is 1. The smallest absolute Gasteiger partial charge is 0.270 e. The predicted octanol–water partition coefficient (Wildman–Crippen LogP) is 1.71. The SMILES string of the molecule is COc1ccsc1C(=O)Nc1cc(C#CCN)ccn1. The van der Waals surface area contributed by atoms with Crippen LogP contribution in [0.2, 0.25) is 0 Å². The lowest BCUT2D eigenvalue weighted by Gasteiger charge is -2.04. The van der Waals surface area contributed by atoms with Crippen molar-refractivity contribution in [3.63, 3.8) is 0 Å². The molecule has 6 heteroatoms. The Balaban J connectivity index is 2.16. The quantitative estimate of drug-likeness (QED) is 0.843. The highest BCUT2D eigenvalue weighted by molar-refractivity contribution is 7.12. The van der Waals surface area contributed by atoms with Crippen molar-refractivity contribution in [2.45, 2.75) is 0 Å². The van der Waals surface area contributed by atoms with Crippen molar-refractivity contribution in [1.82, 2.24) is 4.98 Å². The molecule has 0 aliphatic heterocycles. The predicted molar refractivity (Wildman–Crippen MR) is 79.0 cm³/mol. The van der Waals surface area contributed by atoms with Crippen molar-refractivity contribution in [2.75, 3.05) is 19.0 Å². The van der Waals surface area contributed by atoms with Crippen LogP contribution in [0.4, 0.5) is 5.82 Å². The highest BCUT2D eigenvalue weighted by Crippen LogP contribution is 2.25. The lowest BCUT2D eigenvalue weighted by atomic mass is 10.2. The summed E-state index contributed by atoms with van der Waals surface area (Å²) in [5.74, 6) is 6.37. The second-order valence-corrected chi connectivity index (χ2v) is 4.62. The van der Waals surface area contributed by atoms with Gasteiger partial charge in [-0.25, -0.2) is 4.98 Å². The molecule has 5 nitrogen and oxygen atoms in total. The van der Waals surface area contributed by atoms with E-state index in [1.54, 1.807) is 29.8 Å². The summed E-state index contributed by atoms with van der Waals surface area (Å²) in [5, 5.41) is 4.51. The molecule has 3 N–H and O–H groups in total. The number of methoxy groups -OCH3 is 1. The number of hydrogen-bond donors (Lipinski definition) is 2. The Kier molecular flexibility index (Phi) is 4.71. The number of pyridine rings is 1. The van der Waals surface area contributed by atoms with Crippen molar-refractivity contribution < 1.29 is 9.53 Å². The number of hydrogen-bond acceptors (Lipinski definition) is 5. The first kappa shape index (κ1) is 14.1. The fourth-order valence-corrected chi connectivity index (χ4v) is 2.28. The van der Waals surface area contributed by atoms with E-state index < -0.39 is 0 Å². The zero-order valence-electron chi connectivity index (χ0n) is 10.8. The van der Waals surface area contributed by atoms with Crippen LogP contribution >= 0.6 is 11.3 Å². The zero-order chi connectivity index (χ0) is 14.4. The number of nitrogens with two attached hydrogens (primary N) is 1. The average molecular weight is 287 g/mol. The summed E-state index contributed by atoms with van der Waals surface area (Å²) < 4.78 is 5.11. The molecule has 0 fully saturated rings. The van der Waals surface area contributed by atoms with Gasteiger partial charge in [0.25, 0.3) is 5.91 Å². The number of carbonyl (C=O) groups is 1. The first-order valence-electron chi connectivity index (χ1n) is 5.82. The average Bonchev–Trinajstić information content (AvgIpc) is 2.94. The van der Waals surface area contributed by atoms with Gasteiger partial charge in [0.05, 0.1) is 13.7 Å². The molecule has 0 aliphatic rings. The van der Waals surface area contributed by atoms with Crippen LogP contribution in [0.1, 0.15) is 15.2 Å². The van der Waals surface area contributed by atoms with Crippen LogP contribution in [-0.4, -0.2) is 24.5 Å². The number of ether oxygens (including phenoxy) is 1. The molecule has 0 aromatic carbocycles. The maximum Gasteiger partial charge on any atom is 0.270 e. The van der Waals surface area contributed by atoms with E-state index in [2.05, 4.69) is 22.1 Å². The van der Waals surface area contributed by atoms with Crippen molar-refractivity contribution in [3.8, 4) is 17.6 Å². The summed E-state index contributed by atoms with van der Waals surface area (Å²) >= 11 is 1.31. The van der Waals surface area contributed by atoms with E-state index >= 15 is 0 Å². The van der Waals surface area contributed by atoms with E-state index in [0.29, 0.717) is 16.4 Å². The van der Waals surface area contributed by atoms with Crippen LogP contribution in [0.15, 0.2) is 29.8 Å². The molecular weight excluding hydrogens is 274 g/mol. The fraction of sp³-hybridized carbons (Fsp3) is 0.143. The summed E-state index contributed by atoms with van der Waals surface area (Å²) in [4.78, 5) is 16.7. The molecule has 0 radical (unpaired) electrons. The van der Waals surface area contributed by atoms with Gasteiger partial charge >= 0.3 is 0 Å². The van der Waals surface area contributed by atoms with Crippen LogP contribution in [0, 0.1) is 11.8 Å². The van der Waals surface area contributed by atoms with Gasteiger partial charge in [-0.15, -0.1) is 11.3 Å². The monoisotopic (exact) mass is 287 g/mol. The van der Waals surface area contributed by atoms with E-state index in [9.17, 15) is 4.79 Å². The Labute approximate surface area is 120 Å². The molecule has 0 spiro atoms. The first-order chi connectivity index (χ1) is 9.74. The van der Waals surface area contributed by atoms with E-state index in [1.165, 1.54) is 18.4 Å². The molecular formula is C14H13N3O2S. The Morgan fingerprint density at radius 3 is 3.15 bits per heavy atom. The largest absolute Gasteiger partial charge is 0.495 e. The molecule has 2 rings (SSSR count). The molecule has 102 valence electrons. The van der Waals surface area contributed by atoms with Crippen molar-refractivity contribution >= 4 is 23.1 Å². The molecule has 0 saturated heterocycles. The number of nitrogens with one attached hydrogen (secondary N) is 1. The summed E-state index contributed by atoms with van der Waals surface area (Å²) in [5.41, 5.74) is 6.07. The number of aromatic nitrogens is 1. The topological polar surface area (TPSA) is 77.2 Å². The van der Waals surface area contributed by atoms with Crippen LogP contribution in [0.5, 0.6) is 5.75 Å². The van der Waals surface area contributed by atoms with Gasteiger partial charge in [0.2, 0.25) is 0 Å². The Morgan fingerprint density at radius 1 is 1.55 bits per heavy atom. The summed E-state index contributed by atoms with van der Waals surface area (Å²) in [6.07, 6.45) is 1.59. The second kappa shape index (κ2) is 6.70. The van der Waals surface area contributed by atoms with Crippen molar-refractivity contribution in [1.29, 1.82) is 0 Å².